The number of hydrazine groups is 1. The first-order valence-electron chi connectivity index (χ1n) is 2.39. The van der Waals surface area contributed by atoms with Crippen LogP contribution in [0.3, 0.4) is 0 Å². The fourth-order valence-corrected chi connectivity index (χ4v) is 0. The smallest absolute Gasteiger partial charge is 0.215 e. The van der Waals surface area contributed by atoms with Crippen LogP contribution in [0.15, 0.2) is 5.22 Å². The van der Waals surface area contributed by atoms with E-state index in [9.17, 15) is 0 Å². The lowest BCUT2D eigenvalue weighted by Crippen LogP contribution is -2.11. The molecule has 0 aromatic heterocycles. The van der Waals surface area contributed by atoms with E-state index in [1.807, 2.05) is 0 Å². The highest BCUT2D eigenvalue weighted by Gasteiger charge is 1.34. The summed E-state index contributed by atoms with van der Waals surface area (Å²) in [5.41, 5.74) is 2.42. The lowest BCUT2D eigenvalue weighted by molar-refractivity contribution is 0.716. The van der Waals surface area contributed by atoms with Gasteiger partial charge in [-0.15, -0.1) is 0 Å². The molecule has 0 amide bonds. The van der Waals surface area contributed by atoms with Gasteiger partial charge in [-0.1, -0.05) is 5.22 Å². The van der Waals surface area contributed by atoms with Crippen molar-refractivity contribution in [3.05, 3.63) is 0 Å². The van der Waals surface area contributed by atoms with Crippen molar-refractivity contribution in [1.29, 1.82) is 5.52 Å². The maximum Gasteiger partial charge on any atom is 0.215 e. The standard InChI is InChI=1S/H4N4/c1-3-4-2/h(H2,1,4)(H2,2,3)/i/hD4. The van der Waals surface area contributed by atoms with Crippen LogP contribution in [0, 0.1) is 5.52 Å². The molecule has 4 heteroatoms. The molecule has 0 aromatic rings. The van der Waals surface area contributed by atoms with Crippen molar-refractivity contribution in [1.82, 2.24) is 5.53 Å². The second-order valence-electron chi connectivity index (χ2n) is 0.179. The van der Waals surface area contributed by atoms with Gasteiger partial charge in [0.1, 0.15) is 2.82 Å². The van der Waals surface area contributed by atoms with E-state index in [-0.39, 0.29) is 11.4 Å². The van der Waals surface area contributed by atoms with E-state index in [4.69, 9.17) is 5.65 Å². The van der Waals surface area contributed by atoms with Gasteiger partial charge in [-0.25, -0.2) is 11.4 Å². The molecule has 0 aliphatic heterocycles. The SMILES string of the molecule is [2H]N=NN([2H])N([2H])[2H]. The Labute approximate surface area is 29.3 Å². The van der Waals surface area contributed by atoms with Crippen molar-refractivity contribution < 1.29 is 5.65 Å². The van der Waals surface area contributed by atoms with Gasteiger partial charge in [0.2, 0.25) is 2.82 Å². The molecule has 4 heavy (non-hydrogen) atoms. The fourth-order valence-electron chi connectivity index (χ4n) is 0. The minimum atomic E-state index is -0.127. The van der Waals surface area contributed by atoms with Crippen molar-refractivity contribution in [3.63, 3.8) is 0 Å². The van der Waals surface area contributed by atoms with Crippen molar-refractivity contribution in [3.8, 4) is 0 Å². The third-order valence-electron chi connectivity index (χ3n) is 0.0400. The summed E-state index contributed by atoms with van der Waals surface area (Å²) in [6.45, 7) is 0. The van der Waals surface area contributed by atoms with Gasteiger partial charge in [0, 0.05) is 0 Å². The average molecular weight is 64.1 g/mol. The quantitative estimate of drug-likeness (QED) is 0.228. The maximum absolute atomic E-state index is 6.43. The zero-order valence-electron chi connectivity index (χ0n) is 5.79. The molecule has 0 fully saturated rings. The Kier molecular flexibility index (Phi) is 0.273. The molecule has 0 aromatic carbocycles. The second kappa shape index (κ2) is 2.36. The molecule has 0 spiro atoms. The third kappa shape index (κ3) is 1.36. The number of nitrogens with zero attached hydrogens (tertiary/aromatic N) is 1. The summed E-state index contributed by atoms with van der Waals surface area (Å²) in [6, 6.07) is 0. The molecule has 0 radical (unpaired) electrons. The van der Waals surface area contributed by atoms with Gasteiger partial charge in [0.25, 0.3) is 0 Å². The maximum atomic E-state index is 6.43. The van der Waals surface area contributed by atoms with Crippen LogP contribution in [0.5, 0.6) is 0 Å². The number of hydrogen-bond acceptors (Lipinski definition) is 3. The number of nitrogens with one attached hydrogen (secondary N) is 2. The van der Waals surface area contributed by atoms with Gasteiger partial charge in [-0.3, -0.25) is 0 Å². The summed E-state index contributed by atoms with van der Waals surface area (Å²) in [6.07, 6.45) is 0. The summed E-state index contributed by atoms with van der Waals surface area (Å²) in [5.74, 6) is -0.127. The van der Waals surface area contributed by atoms with Crippen LogP contribution in [0.4, 0.5) is 0 Å². The first-order chi connectivity index (χ1) is 3.68. The molecule has 0 atom stereocenters. The Balaban J connectivity index is 3.47. The molecule has 0 saturated heterocycles. The summed E-state index contributed by atoms with van der Waals surface area (Å²) >= 11 is 0. The van der Waals surface area contributed by atoms with E-state index in [1.165, 1.54) is 0 Å². The fraction of sp³-hybridized carbons (Fsp3) is 0. The largest absolute Gasteiger partial charge is 0.233 e. The van der Waals surface area contributed by atoms with Crippen molar-refractivity contribution >= 4 is 0 Å². The van der Waals surface area contributed by atoms with Gasteiger partial charge in [0.15, 0.2) is 0 Å². The Morgan fingerprint density at radius 3 is 4.25 bits per heavy atom. The lowest BCUT2D eigenvalue weighted by Gasteiger charge is -1.69. The molecule has 0 aliphatic rings. The van der Waals surface area contributed by atoms with Crippen LogP contribution in [0.25, 0.3) is 0 Å². The predicted octanol–water partition coefficient (Wildman–Crippen LogP) is -0.604. The van der Waals surface area contributed by atoms with Crippen LogP contribution in [0.2, 0.25) is 5.65 Å². The van der Waals surface area contributed by atoms with Crippen molar-refractivity contribution in [2.45, 2.75) is 0 Å². The molecular formula is H4N4. The zero-order chi connectivity index (χ0) is 6.57. The van der Waals surface area contributed by atoms with Crippen LogP contribution in [-0.4, -0.2) is 0 Å². The van der Waals surface area contributed by atoms with Gasteiger partial charge >= 0.3 is 0 Å². The minimum absolute atomic E-state index is 0.0347. The molecule has 0 bridgehead atoms. The Morgan fingerprint density at radius 1 is 3.00 bits per heavy atom. The molecule has 4 N–H and O–H groups in total. The first-order valence-corrected chi connectivity index (χ1v) is 0.600. The molecular weight excluding hydrogens is 56.0 g/mol. The van der Waals surface area contributed by atoms with E-state index in [0.29, 0.717) is 0 Å². The third-order valence-corrected chi connectivity index (χ3v) is 0.0400. The average Bonchev–Trinajstić information content (AvgIpc) is 1.67. The highest BCUT2D eigenvalue weighted by molar-refractivity contribution is 3.76. The van der Waals surface area contributed by atoms with Gasteiger partial charge < -0.3 is 0 Å². The van der Waals surface area contributed by atoms with Gasteiger partial charge in [-0.05, 0) is 0 Å². The summed E-state index contributed by atoms with van der Waals surface area (Å²) < 4.78 is 25.0. The zero-order valence-corrected chi connectivity index (χ0v) is 1.79. The van der Waals surface area contributed by atoms with E-state index in [2.05, 4.69) is 10.7 Å². The Morgan fingerprint density at radius 2 is 4.00 bits per heavy atom. The normalized spacial score (nSPS) is 23.2. The molecule has 0 aliphatic carbocycles. The minimum Gasteiger partial charge on any atom is -0.233 e. The summed E-state index contributed by atoms with van der Waals surface area (Å²) in [5, 5.41) is 2.67. The van der Waals surface area contributed by atoms with Crippen LogP contribution in [0.1, 0.15) is 0 Å². The van der Waals surface area contributed by atoms with E-state index in [0.717, 1.165) is 0 Å². The predicted molar refractivity (Wildman–Crippen MR) is 12.5 cm³/mol. The molecule has 0 rings (SSSR count). The highest BCUT2D eigenvalue weighted by Crippen LogP contribution is 1.26. The van der Waals surface area contributed by atoms with Crippen LogP contribution in [-0.2, 0) is 0 Å². The molecule has 0 saturated carbocycles. The monoisotopic (exact) mass is 64.1 g/mol. The highest BCUT2D eigenvalue weighted by atomic mass is 15.5. The summed E-state index contributed by atoms with van der Waals surface area (Å²) in [7, 11) is 0. The number of nitrogens with two attached hydrogens (primary N) is 1. The van der Waals surface area contributed by atoms with E-state index >= 15 is 0 Å². The van der Waals surface area contributed by atoms with Gasteiger partial charge in [0.05, 0.1) is 0 Å². The Hall–Kier alpha value is -0.640. The summed E-state index contributed by atoms with van der Waals surface area (Å²) in [4.78, 5) is 0. The molecule has 0 heterocycles. The van der Waals surface area contributed by atoms with Crippen LogP contribution < -0.4 is 11.4 Å². The Bertz CT molecular complexity index is 78.1. The van der Waals surface area contributed by atoms with Gasteiger partial charge in [-0.2, -0.15) is 5.52 Å². The van der Waals surface area contributed by atoms with Crippen molar-refractivity contribution in [2.75, 3.05) is 0 Å². The molecule has 4 nitrogen and oxygen atoms in total. The topological polar surface area (TPSA) is 74.3 Å². The number of rotatable bonds is 2. The molecule has 0 unspecified atom stereocenters. The van der Waals surface area contributed by atoms with E-state index < -0.39 is 0 Å². The number of hydrogen-bond donors (Lipinski definition) is 3. The van der Waals surface area contributed by atoms with Crippen LogP contribution >= 0.6 is 0 Å². The first kappa shape index (κ1) is 0.463. The van der Waals surface area contributed by atoms with Crippen molar-refractivity contribution in [2.24, 2.45) is 11.1 Å². The lowest BCUT2D eigenvalue weighted by atomic mass is 12.5. The molecule has 24 valence electrons. The van der Waals surface area contributed by atoms with E-state index in [1.54, 1.807) is 0 Å². The second-order valence-corrected chi connectivity index (χ2v) is 0.179.